The van der Waals surface area contributed by atoms with Crippen LogP contribution in [-0.4, -0.2) is 51.3 Å². The molecule has 19 heavy (non-hydrogen) atoms. The van der Waals surface area contributed by atoms with E-state index in [1.54, 1.807) is 7.11 Å². The van der Waals surface area contributed by atoms with Gasteiger partial charge in [0.1, 0.15) is 0 Å². The summed E-state index contributed by atoms with van der Waals surface area (Å²) >= 11 is 1.81. The second-order valence-corrected chi connectivity index (χ2v) is 5.89. The van der Waals surface area contributed by atoms with Gasteiger partial charge in [0, 0.05) is 44.6 Å². The highest BCUT2D eigenvalue weighted by atomic mass is 32.1. The summed E-state index contributed by atoms with van der Waals surface area (Å²) in [7, 11) is 3.63. The molecule has 0 radical (unpaired) electrons. The Morgan fingerprint density at radius 2 is 2.53 bits per heavy atom. The zero-order valence-electron chi connectivity index (χ0n) is 11.8. The number of rotatable bonds is 5. The van der Waals surface area contributed by atoms with Crippen LogP contribution in [0, 0.1) is 5.92 Å². The van der Waals surface area contributed by atoms with Crippen molar-refractivity contribution in [3.8, 4) is 0 Å². The molecule has 1 fully saturated rings. The molecule has 2 heterocycles. The Bertz CT molecular complexity index is 391. The van der Waals surface area contributed by atoms with Gasteiger partial charge in [0.15, 0.2) is 5.96 Å². The molecule has 0 saturated carbocycles. The van der Waals surface area contributed by atoms with E-state index in [0.29, 0.717) is 5.92 Å². The summed E-state index contributed by atoms with van der Waals surface area (Å²) in [6.45, 7) is 3.92. The molecule has 1 N–H and O–H groups in total. The Hall–Kier alpha value is -1.07. The quantitative estimate of drug-likeness (QED) is 0.661. The third kappa shape index (κ3) is 4.21. The molecule has 0 aliphatic carbocycles. The van der Waals surface area contributed by atoms with Gasteiger partial charge in [-0.3, -0.25) is 4.99 Å². The van der Waals surface area contributed by atoms with Crippen molar-refractivity contribution in [2.45, 2.75) is 12.8 Å². The first kappa shape index (κ1) is 14.3. The number of nitrogens with zero attached hydrogens (tertiary/aromatic N) is 2. The van der Waals surface area contributed by atoms with Crippen LogP contribution in [0.3, 0.4) is 0 Å². The smallest absolute Gasteiger partial charge is 0.193 e. The monoisotopic (exact) mass is 281 g/mol. The second-order valence-electron chi connectivity index (χ2n) is 4.86. The molecule has 2 rings (SSSR count). The lowest BCUT2D eigenvalue weighted by atomic mass is 10.1. The number of hydrogen-bond acceptors (Lipinski definition) is 3. The maximum atomic E-state index is 5.23. The first-order valence-electron chi connectivity index (χ1n) is 6.80. The first-order valence-corrected chi connectivity index (χ1v) is 7.68. The lowest BCUT2D eigenvalue weighted by Crippen LogP contribution is -2.41. The molecule has 106 valence electrons. The second kappa shape index (κ2) is 7.50. The summed E-state index contributed by atoms with van der Waals surface area (Å²) < 4.78 is 5.23. The molecule has 4 nitrogen and oxygen atoms in total. The van der Waals surface area contributed by atoms with Gasteiger partial charge in [0.05, 0.1) is 6.61 Å². The number of aliphatic imine (C=N–C) groups is 1. The van der Waals surface area contributed by atoms with E-state index in [4.69, 9.17) is 4.74 Å². The number of ether oxygens (including phenoxy) is 1. The number of methoxy groups -OCH3 is 1. The maximum absolute atomic E-state index is 5.23. The molecule has 1 saturated heterocycles. The molecule has 1 aliphatic heterocycles. The van der Waals surface area contributed by atoms with E-state index in [9.17, 15) is 0 Å². The zero-order valence-corrected chi connectivity index (χ0v) is 12.6. The van der Waals surface area contributed by atoms with Crippen molar-refractivity contribution >= 4 is 17.3 Å². The summed E-state index contributed by atoms with van der Waals surface area (Å²) in [6, 6.07) is 4.28. The lowest BCUT2D eigenvalue weighted by Gasteiger charge is -2.21. The third-order valence-corrected chi connectivity index (χ3v) is 4.37. The Balaban J connectivity index is 1.74. The SMILES string of the molecule is CN=C(NCCc1cccs1)N1CCC(COC)C1. The molecule has 5 heteroatoms. The Morgan fingerprint density at radius 3 is 3.21 bits per heavy atom. The average molecular weight is 281 g/mol. The van der Waals surface area contributed by atoms with Gasteiger partial charge in [0.2, 0.25) is 0 Å². The van der Waals surface area contributed by atoms with Crippen LogP contribution in [0.15, 0.2) is 22.5 Å². The number of guanidine groups is 1. The first-order chi connectivity index (χ1) is 9.33. The van der Waals surface area contributed by atoms with Crippen molar-refractivity contribution in [3.05, 3.63) is 22.4 Å². The predicted molar refractivity (Wildman–Crippen MR) is 80.9 cm³/mol. The predicted octanol–water partition coefficient (Wildman–Crippen LogP) is 1.83. The van der Waals surface area contributed by atoms with Crippen LogP contribution in [0.25, 0.3) is 0 Å². The summed E-state index contributed by atoms with van der Waals surface area (Å²) in [5.74, 6) is 1.66. The molecule has 1 aromatic rings. The van der Waals surface area contributed by atoms with Crippen LogP contribution in [0.2, 0.25) is 0 Å². The van der Waals surface area contributed by atoms with Gasteiger partial charge in [-0.15, -0.1) is 11.3 Å². The van der Waals surface area contributed by atoms with Crippen molar-refractivity contribution in [1.82, 2.24) is 10.2 Å². The van der Waals surface area contributed by atoms with Crippen molar-refractivity contribution in [2.75, 3.05) is 40.4 Å². The van der Waals surface area contributed by atoms with Crippen LogP contribution in [0.4, 0.5) is 0 Å². The van der Waals surface area contributed by atoms with Gasteiger partial charge < -0.3 is 15.0 Å². The molecule has 0 spiro atoms. The zero-order chi connectivity index (χ0) is 13.5. The largest absolute Gasteiger partial charge is 0.384 e. The number of likely N-dealkylation sites (tertiary alicyclic amines) is 1. The van der Waals surface area contributed by atoms with Gasteiger partial charge in [-0.25, -0.2) is 0 Å². The van der Waals surface area contributed by atoms with Gasteiger partial charge in [-0.05, 0) is 24.3 Å². The van der Waals surface area contributed by atoms with Crippen LogP contribution >= 0.6 is 11.3 Å². The molecule has 1 aliphatic rings. The van der Waals surface area contributed by atoms with E-state index < -0.39 is 0 Å². The van der Waals surface area contributed by atoms with Crippen molar-refractivity contribution in [2.24, 2.45) is 10.9 Å². The highest BCUT2D eigenvalue weighted by Crippen LogP contribution is 2.16. The van der Waals surface area contributed by atoms with Crippen molar-refractivity contribution in [1.29, 1.82) is 0 Å². The highest BCUT2D eigenvalue weighted by Gasteiger charge is 2.24. The van der Waals surface area contributed by atoms with E-state index in [1.807, 2.05) is 18.4 Å². The van der Waals surface area contributed by atoms with Crippen molar-refractivity contribution in [3.63, 3.8) is 0 Å². The topological polar surface area (TPSA) is 36.9 Å². The normalized spacial score (nSPS) is 20.0. The van der Waals surface area contributed by atoms with E-state index in [-0.39, 0.29) is 0 Å². The van der Waals surface area contributed by atoms with Crippen LogP contribution in [0.5, 0.6) is 0 Å². The van der Waals surface area contributed by atoms with Crippen LogP contribution < -0.4 is 5.32 Å². The van der Waals surface area contributed by atoms with Gasteiger partial charge in [-0.2, -0.15) is 0 Å². The molecule has 0 aromatic carbocycles. The number of thiophene rings is 1. The summed E-state index contributed by atoms with van der Waals surface area (Å²) in [6.07, 6.45) is 2.26. The van der Waals surface area contributed by atoms with E-state index in [1.165, 1.54) is 11.3 Å². The lowest BCUT2D eigenvalue weighted by molar-refractivity contribution is 0.157. The van der Waals surface area contributed by atoms with Crippen LogP contribution in [-0.2, 0) is 11.2 Å². The molecular formula is C14H23N3OS. The summed E-state index contributed by atoms with van der Waals surface area (Å²) in [5.41, 5.74) is 0. The molecule has 0 bridgehead atoms. The van der Waals surface area contributed by atoms with E-state index in [0.717, 1.165) is 38.6 Å². The molecule has 1 atom stereocenters. The van der Waals surface area contributed by atoms with Gasteiger partial charge in [-0.1, -0.05) is 6.07 Å². The molecule has 1 unspecified atom stereocenters. The Morgan fingerprint density at radius 1 is 1.63 bits per heavy atom. The van der Waals surface area contributed by atoms with Gasteiger partial charge in [0.25, 0.3) is 0 Å². The fraction of sp³-hybridized carbons (Fsp3) is 0.643. The minimum atomic E-state index is 0.640. The minimum absolute atomic E-state index is 0.640. The van der Waals surface area contributed by atoms with E-state index in [2.05, 4.69) is 32.7 Å². The highest BCUT2D eigenvalue weighted by molar-refractivity contribution is 7.09. The maximum Gasteiger partial charge on any atom is 0.193 e. The summed E-state index contributed by atoms with van der Waals surface area (Å²) in [4.78, 5) is 8.13. The van der Waals surface area contributed by atoms with E-state index >= 15 is 0 Å². The number of hydrogen-bond donors (Lipinski definition) is 1. The van der Waals surface area contributed by atoms with Gasteiger partial charge >= 0.3 is 0 Å². The molecule has 0 amide bonds. The molecular weight excluding hydrogens is 258 g/mol. The summed E-state index contributed by atoms with van der Waals surface area (Å²) in [5, 5.41) is 5.58. The average Bonchev–Trinajstić information content (AvgIpc) is 3.06. The number of nitrogens with one attached hydrogen (secondary N) is 1. The third-order valence-electron chi connectivity index (χ3n) is 3.43. The van der Waals surface area contributed by atoms with Crippen molar-refractivity contribution < 1.29 is 4.74 Å². The Labute approximate surface area is 119 Å². The standard InChI is InChI=1S/C14H23N3OS/c1-15-14(16-7-5-13-4-3-9-19-13)17-8-6-12(10-17)11-18-2/h3-4,9,12H,5-8,10-11H2,1-2H3,(H,15,16). The van der Waals surface area contributed by atoms with Crippen LogP contribution in [0.1, 0.15) is 11.3 Å². The fourth-order valence-electron chi connectivity index (χ4n) is 2.48. The minimum Gasteiger partial charge on any atom is -0.384 e. The Kier molecular flexibility index (Phi) is 5.66. The fourth-order valence-corrected chi connectivity index (χ4v) is 3.19. The molecule has 1 aromatic heterocycles.